The first kappa shape index (κ1) is 11.7. The maximum absolute atomic E-state index is 5.78. The number of hydrogen-bond acceptors (Lipinski definition) is 1. The quantitative estimate of drug-likeness (QED) is 0.648. The van der Waals surface area contributed by atoms with Gasteiger partial charge in [-0.05, 0) is 41.4 Å². The Labute approximate surface area is 95.4 Å². The van der Waals surface area contributed by atoms with Crippen molar-refractivity contribution < 1.29 is 0 Å². The summed E-state index contributed by atoms with van der Waals surface area (Å²) in [5.74, 6) is 1.21. The summed E-state index contributed by atoms with van der Waals surface area (Å²) < 4.78 is 0. The molecule has 0 radical (unpaired) electrons. The molecule has 0 saturated heterocycles. The van der Waals surface area contributed by atoms with Gasteiger partial charge in [0.25, 0.3) is 0 Å². The first-order valence-electron chi connectivity index (χ1n) is 4.86. The molecule has 1 aromatic carbocycles. The van der Waals surface area contributed by atoms with Crippen LogP contribution in [0.1, 0.15) is 25.3 Å². The Morgan fingerprint density at radius 2 is 2.00 bits per heavy atom. The second-order valence-corrected chi connectivity index (χ2v) is 4.53. The molecule has 0 unspecified atom stereocenters. The van der Waals surface area contributed by atoms with Crippen LogP contribution in [-0.4, -0.2) is 5.75 Å². The van der Waals surface area contributed by atoms with Gasteiger partial charge in [0.15, 0.2) is 0 Å². The molecule has 1 aromatic rings. The smallest absolute Gasteiger partial charge is 0.0406 e. The third-order valence-electron chi connectivity index (χ3n) is 1.84. The SMILES string of the molecule is CCCCS/C=C\c1ccc(Cl)cc1. The highest BCUT2D eigenvalue weighted by molar-refractivity contribution is 8.02. The molecule has 76 valence electrons. The fourth-order valence-corrected chi connectivity index (χ4v) is 1.97. The van der Waals surface area contributed by atoms with E-state index in [-0.39, 0.29) is 0 Å². The van der Waals surface area contributed by atoms with E-state index in [0.717, 1.165) is 5.02 Å². The molecule has 1 rings (SSSR count). The highest BCUT2D eigenvalue weighted by Gasteiger charge is 1.87. The molecule has 0 aliphatic rings. The molecule has 0 heterocycles. The van der Waals surface area contributed by atoms with Crippen molar-refractivity contribution in [3.63, 3.8) is 0 Å². The highest BCUT2D eigenvalue weighted by Crippen LogP contribution is 2.13. The summed E-state index contributed by atoms with van der Waals surface area (Å²) in [5, 5.41) is 2.94. The second kappa shape index (κ2) is 6.97. The average molecular weight is 227 g/mol. The monoisotopic (exact) mass is 226 g/mol. The average Bonchev–Trinajstić information content (AvgIpc) is 2.21. The molecule has 0 amide bonds. The van der Waals surface area contributed by atoms with Gasteiger partial charge in [0.1, 0.15) is 0 Å². The number of thioether (sulfide) groups is 1. The van der Waals surface area contributed by atoms with Crippen LogP contribution in [0.25, 0.3) is 6.08 Å². The molecular formula is C12H15ClS. The second-order valence-electron chi connectivity index (χ2n) is 3.08. The molecule has 0 aliphatic heterocycles. The number of benzene rings is 1. The summed E-state index contributed by atoms with van der Waals surface area (Å²) in [4.78, 5) is 0. The lowest BCUT2D eigenvalue weighted by Crippen LogP contribution is -1.73. The van der Waals surface area contributed by atoms with E-state index in [0.29, 0.717) is 0 Å². The predicted octanol–water partition coefficient (Wildman–Crippen LogP) is 4.84. The Morgan fingerprint density at radius 1 is 1.29 bits per heavy atom. The van der Waals surface area contributed by atoms with Gasteiger partial charge in [-0.3, -0.25) is 0 Å². The van der Waals surface area contributed by atoms with E-state index in [4.69, 9.17) is 11.6 Å². The predicted molar refractivity (Wildman–Crippen MR) is 67.9 cm³/mol. The van der Waals surface area contributed by atoms with Crippen LogP contribution in [0, 0.1) is 0 Å². The van der Waals surface area contributed by atoms with Gasteiger partial charge in [-0.1, -0.05) is 37.1 Å². The molecule has 2 heteroatoms. The minimum absolute atomic E-state index is 0.792. The fourth-order valence-electron chi connectivity index (χ4n) is 0.996. The molecule has 0 bridgehead atoms. The number of hydrogen-bond donors (Lipinski definition) is 0. The zero-order chi connectivity index (χ0) is 10.2. The molecule has 0 fully saturated rings. The number of unbranched alkanes of at least 4 members (excludes halogenated alkanes) is 1. The summed E-state index contributed by atoms with van der Waals surface area (Å²) >= 11 is 7.65. The van der Waals surface area contributed by atoms with Gasteiger partial charge >= 0.3 is 0 Å². The summed E-state index contributed by atoms with van der Waals surface area (Å²) in [7, 11) is 0. The maximum Gasteiger partial charge on any atom is 0.0406 e. The van der Waals surface area contributed by atoms with Gasteiger partial charge in [-0.2, -0.15) is 0 Å². The molecule has 0 spiro atoms. The third kappa shape index (κ3) is 4.73. The van der Waals surface area contributed by atoms with Crippen molar-refractivity contribution in [1.82, 2.24) is 0 Å². The van der Waals surface area contributed by atoms with E-state index >= 15 is 0 Å². The van der Waals surface area contributed by atoms with Crippen molar-refractivity contribution in [3.8, 4) is 0 Å². The van der Waals surface area contributed by atoms with Gasteiger partial charge < -0.3 is 0 Å². The molecule has 0 nitrogen and oxygen atoms in total. The van der Waals surface area contributed by atoms with Crippen LogP contribution < -0.4 is 0 Å². The van der Waals surface area contributed by atoms with Gasteiger partial charge in [0.05, 0.1) is 0 Å². The Kier molecular flexibility index (Phi) is 5.81. The molecule has 0 atom stereocenters. The number of rotatable bonds is 5. The molecule has 0 N–H and O–H groups in total. The van der Waals surface area contributed by atoms with Gasteiger partial charge in [-0.25, -0.2) is 0 Å². The van der Waals surface area contributed by atoms with Crippen LogP contribution in [0.2, 0.25) is 5.02 Å². The molecule has 0 saturated carbocycles. The van der Waals surface area contributed by atoms with Crippen molar-refractivity contribution >= 4 is 29.4 Å². The van der Waals surface area contributed by atoms with Crippen molar-refractivity contribution in [3.05, 3.63) is 40.3 Å². The first-order valence-corrected chi connectivity index (χ1v) is 6.29. The van der Waals surface area contributed by atoms with Crippen LogP contribution in [0.4, 0.5) is 0 Å². The lowest BCUT2D eigenvalue weighted by Gasteiger charge is -1.94. The largest absolute Gasteiger partial charge is 0.134 e. The normalized spacial score (nSPS) is 11.0. The molecule has 14 heavy (non-hydrogen) atoms. The summed E-state index contributed by atoms with van der Waals surface area (Å²) in [6.07, 6.45) is 4.67. The standard InChI is InChI=1S/C12H15ClS/c1-2-3-9-14-10-8-11-4-6-12(13)7-5-11/h4-8,10H,2-3,9H2,1H3/b10-8-. The van der Waals surface area contributed by atoms with E-state index in [9.17, 15) is 0 Å². The minimum Gasteiger partial charge on any atom is -0.134 e. The van der Waals surface area contributed by atoms with Crippen molar-refractivity contribution in [2.45, 2.75) is 19.8 Å². The summed E-state index contributed by atoms with van der Waals surface area (Å²) in [5.41, 5.74) is 1.21. The zero-order valence-electron chi connectivity index (χ0n) is 8.37. The van der Waals surface area contributed by atoms with E-state index in [2.05, 4.69) is 18.4 Å². The van der Waals surface area contributed by atoms with E-state index in [1.165, 1.54) is 24.2 Å². The Morgan fingerprint density at radius 3 is 2.64 bits per heavy atom. The maximum atomic E-state index is 5.78. The summed E-state index contributed by atoms with van der Waals surface area (Å²) in [6.45, 7) is 2.21. The van der Waals surface area contributed by atoms with Crippen molar-refractivity contribution in [2.24, 2.45) is 0 Å². The zero-order valence-corrected chi connectivity index (χ0v) is 9.94. The van der Waals surface area contributed by atoms with Gasteiger partial charge in [0.2, 0.25) is 0 Å². The van der Waals surface area contributed by atoms with Crippen molar-refractivity contribution in [2.75, 3.05) is 5.75 Å². The lowest BCUT2D eigenvalue weighted by atomic mass is 10.2. The van der Waals surface area contributed by atoms with Crippen LogP contribution in [0.3, 0.4) is 0 Å². The highest BCUT2D eigenvalue weighted by atomic mass is 35.5. The van der Waals surface area contributed by atoms with Crippen molar-refractivity contribution in [1.29, 1.82) is 0 Å². The summed E-state index contributed by atoms with van der Waals surface area (Å²) in [6, 6.07) is 7.88. The van der Waals surface area contributed by atoms with Crippen LogP contribution >= 0.6 is 23.4 Å². The molecule has 0 aliphatic carbocycles. The van der Waals surface area contributed by atoms with Crippen LogP contribution in [-0.2, 0) is 0 Å². The third-order valence-corrected chi connectivity index (χ3v) is 2.95. The number of halogens is 1. The Bertz CT molecular complexity index is 277. The fraction of sp³-hybridized carbons (Fsp3) is 0.333. The Balaban J connectivity index is 2.33. The van der Waals surface area contributed by atoms with E-state index in [1.807, 2.05) is 36.0 Å². The lowest BCUT2D eigenvalue weighted by molar-refractivity contribution is 0.898. The van der Waals surface area contributed by atoms with E-state index < -0.39 is 0 Å². The minimum atomic E-state index is 0.792. The van der Waals surface area contributed by atoms with Crippen LogP contribution in [0.15, 0.2) is 29.7 Å². The van der Waals surface area contributed by atoms with E-state index in [1.54, 1.807) is 0 Å². The van der Waals surface area contributed by atoms with Crippen LogP contribution in [0.5, 0.6) is 0 Å². The van der Waals surface area contributed by atoms with Gasteiger partial charge in [0, 0.05) is 5.02 Å². The first-order chi connectivity index (χ1) is 6.83. The Hall–Kier alpha value is -0.400. The molecule has 0 aromatic heterocycles. The topological polar surface area (TPSA) is 0 Å². The molecular weight excluding hydrogens is 212 g/mol. The van der Waals surface area contributed by atoms with Gasteiger partial charge in [-0.15, -0.1) is 11.8 Å².